The van der Waals surface area contributed by atoms with Crippen molar-refractivity contribution in [3.05, 3.63) is 29.8 Å². The summed E-state index contributed by atoms with van der Waals surface area (Å²) in [6.45, 7) is 3.06. The van der Waals surface area contributed by atoms with Crippen LogP contribution in [0.1, 0.15) is 37.8 Å². The van der Waals surface area contributed by atoms with E-state index in [1.54, 1.807) is 0 Å². The van der Waals surface area contributed by atoms with E-state index in [0.29, 0.717) is 12.5 Å². The zero-order valence-electron chi connectivity index (χ0n) is 12.1. The molecule has 1 amide bonds. The summed E-state index contributed by atoms with van der Waals surface area (Å²) in [4.78, 5) is 12.7. The summed E-state index contributed by atoms with van der Waals surface area (Å²) < 4.78 is 0. The largest absolute Gasteiger partial charge is 0.378 e. The lowest BCUT2D eigenvalue weighted by molar-refractivity contribution is -0.118. The smallest absolute Gasteiger partial charge is 0.217 e. The van der Waals surface area contributed by atoms with Gasteiger partial charge < -0.3 is 16.0 Å². The van der Waals surface area contributed by atoms with Crippen LogP contribution in [0.3, 0.4) is 0 Å². The molecule has 1 rings (SSSR count). The molecule has 1 atom stereocenters. The predicted octanol–water partition coefficient (Wildman–Crippen LogP) is 2.06. The molecule has 0 heterocycles. The third kappa shape index (κ3) is 5.75. The maximum Gasteiger partial charge on any atom is 0.217 e. The van der Waals surface area contributed by atoms with E-state index in [-0.39, 0.29) is 5.91 Å². The minimum atomic E-state index is -0.215. The summed E-state index contributed by atoms with van der Waals surface area (Å²) >= 11 is 0. The van der Waals surface area contributed by atoms with Gasteiger partial charge in [0.25, 0.3) is 0 Å². The van der Waals surface area contributed by atoms with Crippen LogP contribution >= 0.6 is 0 Å². The quantitative estimate of drug-likeness (QED) is 0.706. The van der Waals surface area contributed by atoms with Gasteiger partial charge >= 0.3 is 0 Å². The number of nitrogens with one attached hydrogen (secondary N) is 1. The van der Waals surface area contributed by atoms with Crippen LogP contribution in [0.5, 0.6) is 0 Å². The first-order chi connectivity index (χ1) is 9.00. The molecule has 0 saturated carbocycles. The highest BCUT2D eigenvalue weighted by Crippen LogP contribution is 2.17. The van der Waals surface area contributed by atoms with Crippen molar-refractivity contribution in [2.45, 2.75) is 32.2 Å². The molecule has 0 aromatic heterocycles. The van der Waals surface area contributed by atoms with E-state index in [4.69, 9.17) is 5.73 Å². The minimum absolute atomic E-state index is 0.215. The summed E-state index contributed by atoms with van der Waals surface area (Å²) in [5.41, 5.74) is 7.58. The van der Waals surface area contributed by atoms with Gasteiger partial charge in [-0.25, -0.2) is 0 Å². The second-order valence-corrected chi connectivity index (χ2v) is 5.09. The van der Waals surface area contributed by atoms with E-state index in [9.17, 15) is 4.79 Å². The molecule has 106 valence electrons. The number of unbranched alkanes of at least 4 members (excludes halogenated alkanes) is 1. The third-order valence-electron chi connectivity index (χ3n) is 3.21. The molecule has 0 fully saturated rings. The first kappa shape index (κ1) is 15.5. The SMILES string of the molecule is CC(NCCCCC(N)=O)c1ccc(N(C)C)cc1. The summed E-state index contributed by atoms with van der Waals surface area (Å²) in [5, 5.41) is 3.46. The molecule has 0 aliphatic heterocycles. The van der Waals surface area contributed by atoms with Crippen LogP contribution in [0.25, 0.3) is 0 Å². The first-order valence-electron chi connectivity index (χ1n) is 6.79. The Kier molecular flexibility index (Phi) is 6.36. The van der Waals surface area contributed by atoms with Gasteiger partial charge in [-0.15, -0.1) is 0 Å². The molecule has 0 radical (unpaired) electrons. The zero-order chi connectivity index (χ0) is 14.3. The molecule has 0 aliphatic carbocycles. The van der Waals surface area contributed by atoms with Crippen LogP contribution in [-0.4, -0.2) is 26.5 Å². The second-order valence-electron chi connectivity index (χ2n) is 5.09. The van der Waals surface area contributed by atoms with Gasteiger partial charge in [-0.1, -0.05) is 12.1 Å². The van der Waals surface area contributed by atoms with Gasteiger partial charge in [-0.3, -0.25) is 4.79 Å². The Morgan fingerprint density at radius 1 is 1.26 bits per heavy atom. The van der Waals surface area contributed by atoms with Crippen molar-refractivity contribution in [3.63, 3.8) is 0 Å². The maximum absolute atomic E-state index is 10.6. The fourth-order valence-electron chi connectivity index (χ4n) is 1.92. The molecule has 1 aromatic carbocycles. The second kappa shape index (κ2) is 7.79. The van der Waals surface area contributed by atoms with Crippen molar-refractivity contribution < 1.29 is 4.79 Å². The number of rotatable bonds is 8. The molecule has 0 bridgehead atoms. The summed E-state index contributed by atoms with van der Waals surface area (Å²) in [5.74, 6) is -0.215. The van der Waals surface area contributed by atoms with E-state index in [0.717, 1.165) is 19.4 Å². The van der Waals surface area contributed by atoms with E-state index >= 15 is 0 Å². The fraction of sp³-hybridized carbons (Fsp3) is 0.533. The highest BCUT2D eigenvalue weighted by molar-refractivity contribution is 5.73. The van der Waals surface area contributed by atoms with Crippen LogP contribution in [-0.2, 0) is 4.79 Å². The van der Waals surface area contributed by atoms with Crippen molar-refractivity contribution in [2.75, 3.05) is 25.5 Å². The van der Waals surface area contributed by atoms with Crippen molar-refractivity contribution in [1.82, 2.24) is 5.32 Å². The normalized spacial score (nSPS) is 12.2. The van der Waals surface area contributed by atoms with Crippen molar-refractivity contribution in [3.8, 4) is 0 Å². The lowest BCUT2D eigenvalue weighted by atomic mass is 10.1. The summed E-state index contributed by atoms with van der Waals surface area (Å²) in [6, 6.07) is 8.87. The van der Waals surface area contributed by atoms with Crippen molar-refractivity contribution >= 4 is 11.6 Å². The molecular weight excluding hydrogens is 238 g/mol. The molecule has 0 saturated heterocycles. The Labute approximate surface area is 116 Å². The summed E-state index contributed by atoms with van der Waals surface area (Å²) in [6.07, 6.45) is 2.31. The number of benzene rings is 1. The van der Waals surface area contributed by atoms with E-state index < -0.39 is 0 Å². The number of amides is 1. The zero-order valence-corrected chi connectivity index (χ0v) is 12.1. The number of carbonyl (C=O) groups excluding carboxylic acids is 1. The number of hydrogen-bond donors (Lipinski definition) is 2. The third-order valence-corrected chi connectivity index (χ3v) is 3.21. The first-order valence-corrected chi connectivity index (χ1v) is 6.79. The van der Waals surface area contributed by atoms with Crippen LogP contribution < -0.4 is 16.0 Å². The molecule has 4 heteroatoms. The number of hydrogen-bond acceptors (Lipinski definition) is 3. The molecule has 1 unspecified atom stereocenters. The number of anilines is 1. The predicted molar refractivity (Wildman–Crippen MR) is 80.2 cm³/mol. The van der Waals surface area contributed by atoms with Crippen molar-refractivity contribution in [2.24, 2.45) is 5.73 Å². The Hall–Kier alpha value is -1.55. The van der Waals surface area contributed by atoms with Gasteiger partial charge in [0.2, 0.25) is 5.91 Å². The van der Waals surface area contributed by atoms with Crippen LogP contribution in [0.2, 0.25) is 0 Å². The van der Waals surface area contributed by atoms with Gasteiger partial charge in [0, 0.05) is 32.2 Å². The number of nitrogens with zero attached hydrogens (tertiary/aromatic N) is 1. The van der Waals surface area contributed by atoms with Gasteiger partial charge in [0.05, 0.1) is 0 Å². The molecule has 19 heavy (non-hydrogen) atoms. The van der Waals surface area contributed by atoms with E-state index in [1.165, 1.54) is 11.3 Å². The monoisotopic (exact) mass is 263 g/mol. The van der Waals surface area contributed by atoms with Crippen LogP contribution in [0.15, 0.2) is 24.3 Å². The average molecular weight is 263 g/mol. The van der Waals surface area contributed by atoms with Gasteiger partial charge in [-0.05, 0) is 44.0 Å². The van der Waals surface area contributed by atoms with E-state index in [1.807, 2.05) is 14.1 Å². The number of primary amides is 1. The Bertz CT molecular complexity index is 387. The summed E-state index contributed by atoms with van der Waals surface area (Å²) in [7, 11) is 4.07. The van der Waals surface area contributed by atoms with Crippen LogP contribution in [0.4, 0.5) is 5.69 Å². The highest BCUT2D eigenvalue weighted by Gasteiger charge is 2.05. The fourth-order valence-corrected chi connectivity index (χ4v) is 1.92. The molecule has 0 spiro atoms. The lowest BCUT2D eigenvalue weighted by Crippen LogP contribution is -2.20. The van der Waals surface area contributed by atoms with E-state index in [2.05, 4.69) is 41.4 Å². The topological polar surface area (TPSA) is 58.4 Å². The molecular formula is C15H25N3O. The van der Waals surface area contributed by atoms with Crippen LogP contribution in [0, 0.1) is 0 Å². The standard InChI is InChI=1S/C15H25N3O/c1-12(17-11-5-4-6-15(16)19)13-7-9-14(10-8-13)18(2)3/h7-10,12,17H,4-6,11H2,1-3H3,(H2,16,19). The molecule has 1 aromatic rings. The Balaban J connectivity index is 2.32. The lowest BCUT2D eigenvalue weighted by Gasteiger charge is -2.17. The molecule has 4 nitrogen and oxygen atoms in total. The maximum atomic E-state index is 10.6. The number of nitrogens with two attached hydrogens (primary N) is 1. The average Bonchev–Trinajstić information content (AvgIpc) is 2.37. The van der Waals surface area contributed by atoms with Crippen molar-refractivity contribution in [1.29, 1.82) is 0 Å². The van der Waals surface area contributed by atoms with Gasteiger partial charge in [-0.2, -0.15) is 0 Å². The molecule has 3 N–H and O–H groups in total. The minimum Gasteiger partial charge on any atom is -0.378 e. The van der Waals surface area contributed by atoms with Gasteiger partial charge in [0.1, 0.15) is 0 Å². The Morgan fingerprint density at radius 3 is 2.42 bits per heavy atom. The Morgan fingerprint density at radius 2 is 1.89 bits per heavy atom. The molecule has 0 aliphatic rings. The number of carbonyl (C=O) groups is 1. The van der Waals surface area contributed by atoms with Gasteiger partial charge in [0.15, 0.2) is 0 Å². The highest BCUT2D eigenvalue weighted by atomic mass is 16.1.